The van der Waals surface area contributed by atoms with Gasteiger partial charge in [-0.1, -0.05) is 0 Å². The van der Waals surface area contributed by atoms with Crippen molar-refractivity contribution in [3.8, 4) is 0 Å². The largest absolute Gasteiger partial charge is 0.460 e. The molecule has 0 aliphatic rings. The van der Waals surface area contributed by atoms with Gasteiger partial charge in [0.15, 0.2) is 0 Å². The van der Waals surface area contributed by atoms with Gasteiger partial charge in [0.25, 0.3) is 0 Å². The molecule has 0 aliphatic heterocycles. The molecule has 0 aliphatic carbocycles. The topological polar surface area (TPSA) is 61.8 Å². The molecule has 0 saturated heterocycles. The minimum absolute atomic E-state index is 0.166. The van der Waals surface area contributed by atoms with Gasteiger partial charge in [0.05, 0.1) is 12.7 Å². The highest BCUT2D eigenvalue weighted by Gasteiger charge is 2.02. The van der Waals surface area contributed by atoms with Crippen LogP contribution in [-0.2, 0) is 23.8 Å². The van der Waals surface area contributed by atoms with Gasteiger partial charge in [-0.2, -0.15) is 0 Å². The van der Waals surface area contributed by atoms with Crippen LogP contribution in [0.25, 0.3) is 0 Å². The fraction of sp³-hybridized carbons (Fsp3) is 0.600. The van der Waals surface area contributed by atoms with Crippen molar-refractivity contribution in [1.29, 1.82) is 0 Å². The van der Waals surface area contributed by atoms with Gasteiger partial charge in [0, 0.05) is 19.3 Å². The predicted octanol–water partition coefficient (Wildman–Crippen LogP) is 0.684. The van der Waals surface area contributed by atoms with Crippen LogP contribution in [0.1, 0.15) is 13.8 Å². The molecule has 0 spiro atoms. The van der Waals surface area contributed by atoms with Crippen LogP contribution in [0.15, 0.2) is 12.2 Å². The van der Waals surface area contributed by atoms with E-state index in [1.807, 2.05) is 0 Å². The van der Waals surface area contributed by atoms with Crippen LogP contribution in [-0.4, -0.2) is 38.4 Å². The lowest BCUT2D eigenvalue weighted by atomic mass is 10.4. The number of carbonyl (C=O) groups excluding carboxylic acids is 2. The van der Waals surface area contributed by atoms with Crippen molar-refractivity contribution in [2.45, 2.75) is 20.0 Å². The molecule has 0 heterocycles. The number of hydrogen-bond acceptors (Lipinski definition) is 5. The lowest BCUT2D eigenvalue weighted by Gasteiger charge is -2.03. The summed E-state index contributed by atoms with van der Waals surface area (Å²) < 4.78 is 14.1. The maximum absolute atomic E-state index is 10.9. The second-order valence-corrected chi connectivity index (χ2v) is 2.98. The van der Waals surface area contributed by atoms with E-state index in [0.29, 0.717) is 6.61 Å². The highest BCUT2D eigenvalue weighted by atomic mass is 16.6. The molecule has 5 heteroatoms. The zero-order valence-corrected chi connectivity index (χ0v) is 9.19. The summed E-state index contributed by atoms with van der Waals surface area (Å²) in [4.78, 5) is 21.9. The first-order chi connectivity index (χ1) is 7.06. The van der Waals surface area contributed by atoms with E-state index >= 15 is 0 Å². The molecule has 86 valence electrons. The fourth-order valence-electron chi connectivity index (χ4n) is 0.681. The minimum atomic E-state index is -0.590. The van der Waals surface area contributed by atoms with E-state index < -0.39 is 11.9 Å². The van der Waals surface area contributed by atoms with Crippen LogP contribution < -0.4 is 0 Å². The van der Waals surface area contributed by atoms with Crippen LogP contribution >= 0.6 is 0 Å². The van der Waals surface area contributed by atoms with Gasteiger partial charge in [-0.15, -0.1) is 0 Å². The van der Waals surface area contributed by atoms with Gasteiger partial charge in [0.1, 0.15) is 6.61 Å². The van der Waals surface area contributed by atoms with E-state index in [1.165, 1.54) is 7.11 Å². The van der Waals surface area contributed by atoms with Crippen molar-refractivity contribution < 1.29 is 23.8 Å². The molecule has 0 radical (unpaired) electrons. The van der Waals surface area contributed by atoms with Gasteiger partial charge in [-0.05, 0) is 13.8 Å². The molecule has 0 amide bonds. The second-order valence-electron chi connectivity index (χ2n) is 2.98. The summed E-state index contributed by atoms with van der Waals surface area (Å²) in [5.41, 5.74) is 0. The van der Waals surface area contributed by atoms with Crippen molar-refractivity contribution >= 4 is 11.9 Å². The summed E-state index contributed by atoms with van der Waals surface area (Å²) in [6, 6.07) is 0. The van der Waals surface area contributed by atoms with Crippen LogP contribution in [0.4, 0.5) is 0 Å². The van der Waals surface area contributed by atoms with Crippen molar-refractivity contribution in [1.82, 2.24) is 0 Å². The third-order valence-corrected chi connectivity index (χ3v) is 1.24. The molecule has 0 fully saturated rings. The van der Waals surface area contributed by atoms with Crippen molar-refractivity contribution in [2.75, 3.05) is 20.3 Å². The number of esters is 2. The number of carbonyl (C=O) groups is 2. The molecule has 0 aromatic rings. The lowest BCUT2D eigenvalue weighted by molar-refractivity contribution is -0.143. The van der Waals surface area contributed by atoms with E-state index in [1.54, 1.807) is 13.8 Å². The fourth-order valence-corrected chi connectivity index (χ4v) is 0.681. The van der Waals surface area contributed by atoms with E-state index in [2.05, 4.69) is 9.47 Å². The molecular weight excluding hydrogens is 200 g/mol. The number of rotatable bonds is 6. The molecule has 0 saturated carbocycles. The van der Waals surface area contributed by atoms with Gasteiger partial charge in [-0.3, -0.25) is 0 Å². The molecule has 5 nitrogen and oxygen atoms in total. The smallest absolute Gasteiger partial charge is 0.331 e. The Balaban J connectivity index is 3.74. The number of hydrogen-bond donors (Lipinski definition) is 0. The van der Waals surface area contributed by atoms with Crippen LogP contribution in [0.5, 0.6) is 0 Å². The molecule has 0 bridgehead atoms. The molecule has 0 atom stereocenters. The SMILES string of the molecule is COCCOC(=O)/C=C/C(=O)OC(C)C. The van der Waals surface area contributed by atoms with Crippen LogP contribution in [0, 0.1) is 0 Å². The van der Waals surface area contributed by atoms with Crippen LogP contribution in [0.2, 0.25) is 0 Å². The summed E-state index contributed by atoms with van der Waals surface area (Å²) in [6.07, 6.45) is 1.86. The average Bonchev–Trinajstić information content (AvgIpc) is 2.14. The third-order valence-electron chi connectivity index (χ3n) is 1.24. The Hall–Kier alpha value is -1.36. The van der Waals surface area contributed by atoms with E-state index in [4.69, 9.17) is 4.74 Å². The Morgan fingerprint density at radius 3 is 2.27 bits per heavy atom. The highest BCUT2D eigenvalue weighted by Crippen LogP contribution is 1.91. The Labute approximate surface area is 89.0 Å². The van der Waals surface area contributed by atoms with Crippen molar-refractivity contribution in [2.24, 2.45) is 0 Å². The number of methoxy groups -OCH3 is 1. The maximum Gasteiger partial charge on any atom is 0.331 e. The quantitative estimate of drug-likeness (QED) is 0.371. The second kappa shape index (κ2) is 7.99. The van der Waals surface area contributed by atoms with Crippen molar-refractivity contribution in [3.63, 3.8) is 0 Å². The minimum Gasteiger partial charge on any atom is -0.460 e. The molecule has 0 aromatic heterocycles. The van der Waals surface area contributed by atoms with Gasteiger partial charge >= 0.3 is 11.9 Å². The molecule has 0 rings (SSSR count). The zero-order valence-electron chi connectivity index (χ0n) is 9.19. The summed E-state index contributed by atoms with van der Waals surface area (Å²) >= 11 is 0. The first-order valence-corrected chi connectivity index (χ1v) is 4.60. The first-order valence-electron chi connectivity index (χ1n) is 4.60. The van der Waals surface area contributed by atoms with E-state index in [0.717, 1.165) is 12.2 Å². The summed E-state index contributed by atoms with van der Waals surface area (Å²) in [5, 5.41) is 0. The zero-order chi connectivity index (χ0) is 11.7. The summed E-state index contributed by atoms with van der Waals surface area (Å²) in [5.74, 6) is -1.15. The molecule has 15 heavy (non-hydrogen) atoms. The normalized spacial score (nSPS) is 10.7. The average molecular weight is 216 g/mol. The maximum atomic E-state index is 10.9. The van der Waals surface area contributed by atoms with Gasteiger partial charge in [0.2, 0.25) is 0 Å². The first kappa shape index (κ1) is 13.6. The highest BCUT2D eigenvalue weighted by molar-refractivity contribution is 5.91. The Kier molecular flexibility index (Phi) is 7.27. The molecule has 0 aromatic carbocycles. The molecule has 0 N–H and O–H groups in total. The van der Waals surface area contributed by atoms with E-state index in [-0.39, 0.29) is 12.7 Å². The Morgan fingerprint density at radius 1 is 1.13 bits per heavy atom. The Morgan fingerprint density at radius 2 is 1.73 bits per heavy atom. The molecule has 0 unspecified atom stereocenters. The molecular formula is C10H16O5. The number of ether oxygens (including phenoxy) is 3. The standard InChI is InChI=1S/C10H16O5/c1-8(2)15-10(12)5-4-9(11)14-7-6-13-3/h4-5,8H,6-7H2,1-3H3/b5-4+. The van der Waals surface area contributed by atoms with E-state index in [9.17, 15) is 9.59 Å². The monoisotopic (exact) mass is 216 g/mol. The van der Waals surface area contributed by atoms with Crippen LogP contribution in [0.3, 0.4) is 0 Å². The summed E-state index contributed by atoms with van der Waals surface area (Å²) in [7, 11) is 1.50. The van der Waals surface area contributed by atoms with Crippen molar-refractivity contribution in [3.05, 3.63) is 12.2 Å². The third kappa shape index (κ3) is 8.96. The Bertz CT molecular complexity index is 232. The summed E-state index contributed by atoms with van der Waals surface area (Å²) in [6.45, 7) is 3.94. The van der Waals surface area contributed by atoms with Gasteiger partial charge < -0.3 is 14.2 Å². The predicted molar refractivity (Wildman–Crippen MR) is 53.2 cm³/mol. The lowest BCUT2D eigenvalue weighted by Crippen LogP contribution is -2.10. The van der Waals surface area contributed by atoms with Gasteiger partial charge in [-0.25, -0.2) is 9.59 Å².